The first-order chi connectivity index (χ1) is 9.03. The summed E-state index contributed by atoms with van der Waals surface area (Å²) in [5.74, 6) is -0.818. The molecule has 1 rings (SSSR count). The van der Waals surface area contributed by atoms with E-state index in [0.717, 1.165) is 18.2 Å². The van der Waals surface area contributed by atoms with E-state index in [-0.39, 0.29) is 5.02 Å². The van der Waals surface area contributed by atoms with E-state index in [9.17, 15) is 26.9 Å². The molecule has 2 N–H and O–H groups in total. The Morgan fingerprint density at radius 3 is 2.40 bits per heavy atom. The second-order valence-electron chi connectivity index (χ2n) is 3.55. The number of nitrogens with one attached hydrogen (secondary N) is 1. The highest BCUT2D eigenvalue weighted by Gasteiger charge is 2.20. The minimum atomic E-state index is -4.31. The lowest BCUT2D eigenvalue weighted by atomic mass is 10.3. The lowest BCUT2D eigenvalue weighted by molar-refractivity contribution is -0.384. The maximum atomic E-state index is 11.8. The summed E-state index contributed by atoms with van der Waals surface area (Å²) >= 11 is 5.54. The van der Waals surface area contributed by atoms with E-state index in [1.165, 1.54) is 0 Å². The smallest absolute Gasteiger partial charge is 0.286 e. The van der Waals surface area contributed by atoms with Crippen molar-refractivity contribution in [1.82, 2.24) is 4.72 Å². The van der Waals surface area contributed by atoms with E-state index in [1.807, 2.05) is 4.72 Å². The monoisotopic (exact) mass is 344 g/mol. The Bertz CT molecular complexity index is 729. The summed E-state index contributed by atoms with van der Waals surface area (Å²) in [6.45, 7) is -0.572. The van der Waals surface area contributed by atoms with E-state index in [1.54, 1.807) is 0 Å². The standard InChI is InChI=1S/C8H9ClN2O7S2/c9-7-2-1-6(5-8(7)11(12)13)20(17,18)10-3-4-19(14,15)16/h1-2,5,10H,3-4H2,(H,14,15,16). The van der Waals surface area contributed by atoms with Gasteiger partial charge in [0.1, 0.15) is 5.02 Å². The van der Waals surface area contributed by atoms with E-state index in [2.05, 4.69) is 0 Å². The fourth-order valence-electron chi connectivity index (χ4n) is 1.19. The van der Waals surface area contributed by atoms with E-state index in [4.69, 9.17) is 16.2 Å². The van der Waals surface area contributed by atoms with Gasteiger partial charge in [0.25, 0.3) is 15.8 Å². The van der Waals surface area contributed by atoms with Crippen LogP contribution in [0.2, 0.25) is 5.02 Å². The van der Waals surface area contributed by atoms with Crippen LogP contribution in [-0.4, -0.2) is 38.6 Å². The molecule has 0 bridgehead atoms. The van der Waals surface area contributed by atoms with Crippen LogP contribution in [0.4, 0.5) is 5.69 Å². The lowest BCUT2D eigenvalue weighted by Gasteiger charge is -2.06. The van der Waals surface area contributed by atoms with Crippen molar-refractivity contribution >= 4 is 37.4 Å². The average molecular weight is 345 g/mol. The van der Waals surface area contributed by atoms with Crippen molar-refractivity contribution in [1.29, 1.82) is 0 Å². The number of nitro groups is 1. The molecule has 0 radical (unpaired) electrons. The van der Waals surface area contributed by atoms with Gasteiger partial charge >= 0.3 is 0 Å². The van der Waals surface area contributed by atoms with Gasteiger partial charge in [-0.1, -0.05) is 11.6 Å². The molecule has 0 spiro atoms. The van der Waals surface area contributed by atoms with Crippen molar-refractivity contribution in [2.75, 3.05) is 12.3 Å². The number of rotatable bonds is 6. The molecule has 0 aliphatic carbocycles. The van der Waals surface area contributed by atoms with E-state index in [0.29, 0.717) is 0 Å². The molecule has 9 nitrogen and oxygen atoms in total. The normalized spacial score (nSPS) is 12.3. The molecule has 0 saturated heterocycles. The fourth-order valence-corrected chi connectivity index (χ4v) is 2.92. The zero-order chi connectivity index (χ0) is 15.6. The van der Waals surface area contributed by atoms with Crippen molar-refractivity contribution in [3.63, 3.8) is 0 Å². The Hall–Kier alpha value is -1.27. The van der Waals surface area contributed by atoms with Gasteiger partial charge < -0.3 is 0 Å². The molecule has 20 heavy (non-hydrogen) atoms. The number of hydrogen-bond donors (Lipinski definition) is 2. The number of sulfonamides is 1. The van der Waals surface area contributed by atoms with Crippen molar-refractivity contribution in [3.8, 4) is 0 Å². The van der Waals surface area contributed by atoms with Gasteiger partial charge in [-0.25, -0.2) is 13.1 Å². The first-order valence-corrected chi connectivity index (χ1v) is 8.39. The van der Waals surface area contributed by atoms with Gasteiger partial charge in [-0.3, -0.25) is 14.7 Å². The van der Waals surface area contributed by atoms with Crippen LogP contribution in [-0.2, 0) is 20.1 Å². The summed E-state index contributed by atoms with van der Waals surface area (Å²) in [6, 6.07) is 2.82. The summed E-state index contributed by atoms with van der Waals surface area (Å²) in [7, 11) is -8.46. The number of nitrogens with zero attached hydrogens (tertiary/aromatic N) is 1. The van der Waals surface area contributed by atoms with Gasteiger partial charge in [0, 0.05) is 12.6 Å². The molecule has 0 aromatic heterocycles. The van der Waals surface area contributed by atoms with Gasteiger partial charge in [0.2, 0.25) is 10.0 Å². The zero-order valence-electron chi connectivity index (χ0n) is 9.68. The molecule has 0 aliphatic heterocycles. The summed E-state index contributed by atoms with van der Waals surface area (Å²) < 4.78 is 54.8. The highest BCUT2D eigenvalue weighted by Crippen LogP contribution is 2.26. The van der Waals surface area contributed by atoms with Crippen LogP contribution < -0.4 is 4.72 Å². The number of nitro benzene ring substituents is 1. The van der Waals surface area contributed by atoms with E-state index < -0.39 is 47.9 Å². The van der Waals surface area contributed by atoms with Crippen LogP contribution in [0.15, 0.2) is 23.1 Å². The largest absolute Gasteiger partial charge is 0.289 e. The van der Waals surface area contributed by atoms with Crippen LogP contribution in [0.1, 0.15) is 0 Å². The van der Waals surface area contributed by atoms with Crippen molar-refractivity contribution < 1.29 is 26.3 Å². The third-order valence-corrected chi connectivity index (χ3v) is 4.58. The first-order valence-electron chi connectivity index (χ1n) is 4.92. The summed E-state index contributed by atoms with van der Waals surface area (Å²) in [4.78, 5) is 9.35. The molecule has 0 atom stereocenters. The quantitative estimate of drug-likeness (QED) is 0.432. The van der Waals surface area contributed by atoms with E-state index >= 15 is 0 Å². The van der Waals surface area contributed by atoms with Crippen LogP contribution in [0, 0.1) is 10.1 Å². The molecule has 0 saturated carbocycles. The predicted molar refractivity (Wildman–Crippen MR) is 69.7 cm³/mol. The maximum Gasteiger partial charge on any atom is 0.289 e. The predicted octanol–water partition coefficient (Wildman–Crippen LogP) is 0.414. The highest BCUT2D eigenvalue weighted by atomic mass is 35.5. The molecule has 112 valence electrons. The Balaban J connectivity index is 2.99. The van der Waals surface area contributed by atoms with Gasteiger partial charge in [-0.05, 0) is 12.1 Å². The second kappa shape index (κ2) is 6.01. The third kappa shape index (κ3) is 4.68. The van der Waals surface area contributed by atoms with Gasteiger partial charge in [-0.2, -0.15) is 8.42 Å². The van der Waals surface area contributed by atoms with Crippen LogP contribution >= 0.6 is 11.6 Å². The fraction of sp³-hybridized carbons (Fsp3) is 0.250. The molecule has 0 heterocycles. The number of benzene rings is 1. The minimum Gasteiger partial charge on any atom is -0.286 e. The summed E-state index contributed by atoms with van der Waals surface area (Å²) in [6.07, 6.45) is 0. The van der Waals surface area contributed by atoms with Crippen LogP contribution in [0.5, 0.6) is 0 Å². The highest BCUT2D eigenvalue weighted by molar-refractivity contribution is 7.89. The van der Waals surface area contributed by atoms with Crippen molar-refractivity contribution in [2.45, 2.75) is 4.90 Å². The Morgan fingerprint density at radius 2 is 1.90 bits per heavy atom. The minimum absolute atomic E-state index is 0.230. The zero-order valence-corrected chi connectivity index (χ0v) is 12.1. The molecule has 1 aromatic carbocycles. The van der Waals surface area contributed by atoms with Crippen LogP contribution in [0.25, 0.3) is 0 Å². The molecular weight excluding hydrogens is 336 g/mol. The van der Waals surface area contributed by atoms with Gasteiger partial charge in [0.15, 0.2) is 0 Å². The Labute approximate surface area is 119 Å². The topological polar surface area (TPSA) is 144 Å². The van der Waals surface area contributed by atoms with Gasteiger partial charge in [0.05, 0.1) is 15.6 Å². The Kier molecular flexibility index (Phi) is 5.05. The van der Waals surface area contributed by atoms with Gasteiger partial charge in [-0.15, -0.1) is 0 Å². The average Bonchev–Trinajstić information content (AvgIpc) is 2.26. The molecule has 0 fully saturated rings. The molecule has 0 unspecified atom stereocenters. The summed E-state index contributed by atoms with van der Waals surface area (Å²) in [5, 5.41) is 10.4. The summed E-state index contributed by atoms with van der Waals surface area (Å²) in [5.41, 5.74) is -0.593. The Morgan fingerprint density at radius 1 is 1.30 bits per heavy atom. The number of halogens is 1. The molecule has 1 aromatic rings. The maximum absolute atomic E-state index is 11.8. The second-order valence-corrected chi connectivity index (χ2v) is 7.30. The molecular formula is C8H9ClN2O7S2. The number of hydrogen-bond acceptors (Lipinski definition) is 6. The van der Waals surface area contributed by atoms with Crippen molar-refractivity contribution in [3.05, 3.63) is 33.3 Å². The third-order valence-electron chi connectivity index (χ3n) is 2.08. The molecule has 0 amide bonds. The SMILES string of the molecule is O=[N+]([O-])c1cc(S(=O)(=O)NCCS(=O)(=O)O)ccc1Cl. The molecule has 0 aliphatic rings. The lowest BCUT2D eigenvalue weighted by Crippen LogP contribution is -2.29. The first kappa shape index (κ1) is 16.8. The van der Waals surface area contributed by atoms with Crippen molar-refractivity contribution in [2.24, 2.45) is 0 Å². The molecule has 12 heteroatoms. The van der Waals surface area contributed by atoms with Crippen LogP contribution in [0.3, 0.4) is 0 Å².